The van der Waals surface area contributed by atoms with E-state index in [0.717, 1.165) is 11.1 Å². The van der Waals surface area contributed by atoms with Gasteiger partial charge in [0.2, 0.25) is 5.91 Å². The monoisotopic (exact) mass is 444 g/mol. The Morgan fingerprint density at radius 1 is 1.16 bits per heavy atom. The fourth-order valence-electron chi connectivity index (χ4n) is 4.22. The highest BCUT2D eigenvalue weighted by molar-refractivity contribution is 6.31. The van der Waals surface area contributed by atoms with Gasteiger partial charge in [0.1, 0.15) is 17.8 Å². The Kier molecular flexibility index (Phi) is 4.37. The van der Waals surface area contributed by atoms with E-state index in [1.54, 1.807) is 30.3 Å². The molecule has 162 valence electrons. The summed E-state index contributed by atoms with van der Waals surface area (Å²) in [5, 5.41) is 8.20. The predicted octanol–water partition coefficient (Wildman–Crippen LogP) is 1.87. The molecule has 2 aromatic carbocycles. The molecule has 0 saturated carbocycles. The topological polar surface area (TPSA) is 117 Å². The third-order valence-electron chi connectivity index (χ3n) is 5.65. The lowest BCUT2D eigenvalue weighted by atomic mass is 9.96. The van der Waals surface area contributed by atoms with Gasteiger partial charge in [-0.05, 0) is 41.5 Å². The van der Waals surface area contributed by atoms with Crippen LogP contribution in [0.1, 0.15) is 14.0 Å². The van der Waals surface area contributed by atoms with Crippen molar-refractivity contribution in [2.75, 3.05) is 23.4 Å². The van der Waals surface area contributed by atoms with E-state index in [-0.39, 0.29) is 33.7 Å². The molecule has 1 unspecified atom stereocenters. The molecule has 5 rings (SSSR count). The zero-order chi connectivity index (χ0) is 21.8. The molecule has 5 amide bonds. The molecular weight excluding hydrogens is 424 g/mol. The number of nitrogens with one attached hydrogen (secondary N) is 3. The number of fused-ring (bicyclic) bond motifs is 2. The number of anilines is 2. The van der Waals surface area contributed by atoms with E-state index in [2.05, 4.69) is 16.0 Å². The molecule has 3 aliphatic rings. The molecule has 2 aliphatic heterocycles. The zero-order valence-electron chi connectivity index (χ0n) is 16.2. The number of ether oxygens (including phenoxy) is 1. The van der Waals surface area contributed by atoms with Crippen LogP contribution in [0.5, 0.6) is 5.75 Å². The molecule has 0 aromatic heterocycles. The van der Waals surface area contributed by atoms with Gasteiger partial charge in [0.25, 0.3) is 11.8 Å². The second kappa shape index (κ2) is 6.98. The Morgan fingerprint density at radius 2 is 1.97 bits per heavy atom. The molecule has 2 heterocycles. The van der Waals surface area contributed by atoms with Crippen molar-refractivity contribution in [2.45, 2.75) is 18.4 Å². The first-order valence-corrected chi connectivity index (χ1v) is 9.99. The number of imide groups is 1. The van der Waals surface area contributed by atoms with E-state index < -0.39 is 11.6 Å². The minimum Gasteiger partial charge on any atom is -0.482 e. The van der Waals surface area contributed by atoms with Crippen molar-refractivity contribution < 1.29 is 26.8 Å². The summed E-state index contributed by atoms with van der Waals surface area (Å²) < 4.78 is 5.39. The zero-order valence-corrected chi connectivity index (χ0v) is 16.9. The molecule has 0 bridgehead atoms. The number of urea groups is 1. The summed E-state index contributed by atoms with van der Waals surface area (Å²) in [6, 6.07) is 9.73. The fraction of sp³-hybridized carbons (Fsp3) is 0.238. The summed E-state index contributed by atoms with van der Waals surface area (Å²) in [4.78, 5) is 50.1. The highest BCUT2D eigenvalue weighted by Crippen LogP contribution is 2.35. The molecule has 1 spiro atoms. The van der Waals surface area contributed by atoms with Gasteiger partial charge in [-0.2, -0.15) is 0 Å². The molecule has 0 radical (unpaired) electrons. The maximum absolute atomic E-state index is 12.7. The van der Waals surface area contributed by atoms with Gasteiger partial charge in [0, 0.05) is 26.4 Å². The Morgan fingerprint density at radius 3 is 2.74 bits per heavy atom. The molecule has 31 heavy (non-hydrogen) atoms. The maximum Gasteiger partial charge on any atom is 0.322 e. The van der Waals surface area contributed by atoms with Crippen LogP contribution in [0.4, 0.5) is 16.2 Å². The van der Waals surface area contributed by atoms with Gasteiger partial charge in [-0.3, -0.25) is 24.6 Å². The van der Waals surface area contributed by atoms with Gasteiger partial charge in [-0.15, -0.1) is 0 Å². The number of hydrogen-bond donors (Lipinski definition) is 3. The minimum absolute atomic E-state index is 0. The quantitative estimate of drug-likeness (QED) is 0.625. The highest BCUT2D eigenvalue weighted by atomic mass is 35.5. The Balaban J connectivity index is 0.00000153. The van der Waals surface area contributed by atoms with Crippen LogP contribution in [0.25, 0.3) is 0 Å². The SMILES string of the molecule is O=C(CN1C(=O)COc2ccc(Cl)cc21)Nc1ccc2c(c1)CC1(C2)NC(=O)NC1=O.[HH].[HH]. The Hall–Kier alpha value is -3.59. The maximum atomic E-state index is 12.7. The summed E-state index contributed by atoms with van der Waals surface area (Å²) in [5.41, 5.74) is 1.82. The van der Waals surface area contributed by atoms with Crippen LogP contribution >= 0.6 is 11.6 Å². The van der Waals surface area contributed by atoms with Gasteiger partial charge in [-0.1, -0.05) is 17.7 Å². The number of nitrogens with zero attached hydrogens (tertiary/aromatic N) is 1. The van der Waals surface area contributed by atoms with E-state index >= 15 is 0 Å². The lowest BCUT2D eigenvalue weighted by molar-refractivity contribution is -0.124. The lowest BCUT2D eigenvalue weighted by Gasteiger charge is -2.29. The number of benzene rings is 2. The van der Waals surface area contributed by atoms with Gasteiger partial charge < -0.3 is 15.4 Å². The molecular formula is C21H21ClN4O5. The average molecular weight is 445 g/mol. The molecule has 2 aromatic rings. The molecule has 10 heteroatoms. The first-order chi connectivity index (χ1) is 14.8. The average Bonchev–Trinajstić information content (AvgIpc) is 3.21. The predicted molar refractivity (Wildman–Crippen MR) is 115 cm³/mol. The number of carbonyl (C=O) groups excluding carboxylic acids is 4. The third-order valence-corrected chi connectivity index (χ3v) is 5.89. The summed E-state index contributed by atoms with van der Waals surface area (Å²) in [6.45, 7) is -0.356. The van der Waals surface area contributed by atoms with Crippen LogP contribution in [-0.4, -0.2) is 42.4 Å². The van der Waals surface area contributed by atoms with E-state index in [1.165, 1.54) is 4.90 Å². The normalized spacial score (nSPS) is 21.3. The number of halogens is 1. The van der Waals surface area contributed by atoms with Crippen molar-refractivity contribution in [3.8, 4) is 5.75 Å². The van der Waals surface area contributed by atoms with Crippen molar-refractivity contribution in [1.29, 1.82) is 0 Å². The number of rotatable bonds is 3. The number of carbonyl (C=O) groups is 4. The van der Waals surface area contributed by atoms with Crippen molar-refractivity contribution in [2.24, 2.45) is 0 Å². The minimum atomic E-state index is -0.967. The highest BCUT2D eigenvalue weighted by Gasteiger charge is 2.50. The van der Waals surface area contributed by atoms with E-state index in [9.17, 15) is 19.2 Å². The molecule has 1 saturated heterocycles. The van der Waals surface area contributed by atoms with Gasteiger partial charge in [0.15, 0.2) is 6.61 Å². The largest absolute Gasteiger partial charge is 0.482 e. The van der Waals surface area contributed by atoms with E-state index in [1.807, 2.05) is 6.07 Å². The molecule has 1 atom stereocenters. The first-order valence-electron chi connectivity index (χ1n) is 9.61. The summed E-state index contributed by atoms with van der Waals surface area (Å²) >= 11 is 6.03. The van der Waals surface area contributed by atoms with Crippen LogP contribution < -0.4 is 25.6 Å². The van der Waals surface area contributed by atoms with Crippen molar-refractivity contribution in [3.05, 3.63) is 52.5 Å². The van der Waals surface area contributed by atoms with Crippen LogP contribution in [0.2, 0.25) is 5.02 Å². The van der Waals surface area contributed by atoms with E-state index in [0.29, 0.717) is 35.0 Å². The third kappa shape index (κ3) is 3.36. The van der Waals surface area contributed by atoms with Crippen molar-refractivity contribution >= 4 is 46.7 Å². The molecule has 1 fully saturated rings. The van der Waals surface area contributed by atoms with Crippen molar-refractivity contribution in [1.82, 2.24) is 10.6 Å². The van der Waals surface area contributed by atoms with Crippen molar-refractivity contribution in [3.63, 3.8) is 0 Å². The summed E-state index contributed by atoms with van der Waals surface area (Å²) in [6.07, 6.45) is 0.741. The first kappa shape index (κ1) is 19.4. The van der Waals surface area contributed by atoms with Gasteiger partial charge in [0.05, 0.1) is 5.69 Å². The second-order valence-corrected chi connectivity index (χ2v) is 8.19. The van der Waals surface area contributed by atoms with Crippen LogP contribution in [-0.2, 0) is 27.2 Å². The summed E-state index contributed by atoms with van der Waals surface area (Å²) in [5.74, 6) is -0.594. The Labute approximate surface area is 184 Å². The number of hydrogen-bond acceptors (Lipinski definition) is 5. The Bertz CT molecular complexity index is 1180. The molecule has 9 nitrogen and oxygen atoms in total. The van der Waals surface area contributed by atoms with Gasteiger partial charge >= 0.3 is 6.03 Å². The second-order valence-electron chi connectivity index (χ2n) is 7.76. The van der Waals surface area contributed by atoms with Gasteiger partial charge in [-0.25, -0.2) is 4.79 Å². The molecule has 1 aliphatic carbocycles. The van der Waals surface area contributed by atoms with Crippen LogP contribution in [0.3, 0.4) is 0 Å². The number of amides is 5. The smallest absolute Gasteiger partial charge is 0.322 e. The molecule has 3 N–H and O–H groups in total. The van der Waals surface area contributed by atoms with Crippen LogP contribution in [0.15, 0.2) is 36.4 Å². The van der Waals surface area contributed by atoms with E-state index in [4.69, 9.17) is 16.3 Å². The fourth-order valence-corrected chi connectivity index (χ4v) is 4.39. The van der Waals surface area contributed by atoms with Crippen LogP contribution in [0, 0.1) is 0 Å². The summed E-state index contributed by atoms with van der Waals surface area (Å²) in [7, 11) is 0. The standard InChI is InChI=1S/C21H17ClN4O5.2H2/c22-13-2-4-16-15(6-13)26(18(28)10-31-16)9-17(27)23-14-3-1-11-7-21(8-12(11)5-14)19(29)24-20(30)25-21;;/h1-6H,7-10H2,(H,23,27)(H2,24,25,29,30);2*1H. The lowest BCUT2D eigenvalue weighted by Crippen LogP contribution is -2.47.